The van der Waals surface area contributed by atoms with Gasteiger partial charge in [-0.2, -0.15) is 18.3 Å². The predicted octanol–water partition coefficient (Wildman–Crippen LogP) is 5.46. The molecule has 37 heavy (non-hydrogen) atoms. The number of hydrogen-bond donors (Lipinski definition) is 3. The first-order valence-corrected chi connectivity index (χ1v) is 12.0. The zero-order valence-electron chi connectivity index (χ0n) is 19.3. The standard InChI is InChI=1S/C25H20Cl2F3N5O2/c1-13-10-18(34-33-13)21-20(27)17-11-15(26)4-7-19(17)35(21)16-5-2-14(3-6-16)12-31-22(36)24(8-9-24)32-23(37)25(28,29)30/h2-7,10-11H,8-9,12H2,1H3,(H,31,36)(H,32,37)(H,33,34). The number of amides is 2. The summed E-state index contributed by atoms with van der Waals surface area (Å²) >= 11 is 13.0. The number of aromatic nitrogens is 3. The summed E-state index contributed by atoms with van der Waals surface area (Å²) in [5.74, 6) is -2.77. The maximum Gasteiger partial charge on any atom is 0.471 e. The SMILES string of the molecule is Cc1cc(-c2c(Cl)c3cc(Cl)ccc3n2-c2ccc(CNC(=O)C3(NC(=O)C(F)(F)F)CC3)cc2)n[nH]1. The molecule has 0 spiro atoms. The van der Waals surface area contributed by atoms with Crippen LogP contribution >= 0.6 is 23.2 Å². The Hall–Kier alpha value is -3.50. The Labute approximate surface area is 218 Å². The molecule has 2 aromatic heterocycles. The number of H-pyrrole nitrogens is 1. The number of benzene rings is 2. The molecule has 0 atom stereocenters. The van der Waals surface area contributed by atoms with E-state index in [2.05, 4.69) is 15.5 Å². The molecule has 1 fully saturated rings. The van der Waals surface area contributed by atoms with Crippen molar-refractivity contribution in [3.05, 3.63) is 69.8 Å². The number of alkyl halides is 3. The van der Waals surface area contributed by atoms with Gasteiger partial charge in [0.15, 0.2) is 0 Å². The molecule has 1 aliphatic rings. The highest BCUT2D eigenvalue weighted by atomic mass is 35.5. The summed E-state index contributed by atoms with van der Waals surface area (Å²) in [5, 5.41) is 13.5. The van der Waals surface area contributed by atoms with Crippen LogP contribution in [-0.4, -0.2) is 38.3 Å². The summed E-state index contributed by atoms with van der Waals surface area (Å²) in [5.41, 5.74) is 3.01. The molecule has 0 saturated heterocycles. The molecule has 0 aliphatic heterocycles. The topological polar surface area (TPSA) is 91.8 Å². The van der Waals surface area contributed by atoms with Gasteiger partial charge in [0.1, 0.15) is 11.2 Å². The van der Waals surface area contributed by atoms with Gasteiger partial charge in [-0.15, -0.1) is 0 Å². The molecule has 7 nitrogen and oxygen atoms in total. The number of carbonyl (C=O) groups excluding carboxylic acids is 2. The largest absolute Gasteiger partial charge is 0.471 e. The lowest BCUT2D eigenvalue weighted by atomic mass is 10.1. The molecular weight excluding hydrogens is 530 g/mol. The molecule has 192 valence electrons. The van der Waals surface area contributed by atoms with Gasteiger partial charge >= 0.3 is 12.1 Å². The van der Waals surface area contributed by atoms with Crippen molar-refractivity contribution in [1.82, 2.24) is 25.4 Å². The summed E-state index contributed by atoms with van der Waals surface area (Å²) in [7, 11) is 0. The third-order valence-electron chi connectivity index (χ3n) is 6.26. The van der Waals surface area contributed by atoms with E-state index in [1.807, 2.05) is 41.1 Å². The Morgan fingerprint density at radius 3 is 2.41 bits per heavy atom. The molecule has 2 aromatic carbocycles. The highest BCUT2D eigenvalue weighted by molar-refractivity contribution is 6.39. The van der Waals surface area contributed by atoms with E-state index in [0.29, 0.717) is 21.4 Å². The summed E-state index contributed by atoms with van der Waals surface area (Å²) in [6.07, 6.45) is -4.74. The van der Waals surface area contributed by atoms with Crippen molar-refractivity contribution in [1.29, 1.82) is 0 Å². The molecule has 0 radical (unpaired) electrons. The maximum atomic E-state index is 12.6. The van der Waals surface area contributed by atoms with Gasteiger partial charge in [0.2, 0.25) is 5.91 Å². The molecule has 12 heteroatoms. The molecule has 0 bridgehead atoms. The lowest BCUT2D eigenvalue weighted by Crippen LogP contribution is -2.52. The highest BCUT2D eigenvalue weighted by Gasteiger charge is 2.54. The minimum absolute atomic E-state index is 0.0803. The predicted molar refractivity (Wildman–Crippen MR) is 134 cm³/mol. The quantitative estimate of drug-likeness (QED) is 0.298. The molecule has 1 saturated carbocycles. The molecular formula is C25H20Cl2F3N5O2. The van der Waals surface area contributed by atoms with Gasteiger partial charge in [-0.1, -0.05) is 35.3 Å². The molecule has 4 aromatic rings. The maximum absolute atomic E-state index is 12.6. The minimum atomic E-state index is -5.05. The van der Waals surface area contributed by atoms with Gasteiger partial charge in [0.25, 0.3) is 0 Å². The lowest BCUT2D eigenvalue weighted by Gasteiger charge is -2.18. The van der Waals surface area contributed by atoms with Crippen LogP contribution in [0.1, 0.15) is 24.1 Å². The number of nitrogens with one attached hydrogen (secondary N) is 3. The normalized spacial score (nSPS) is 14.5. The molecule has 3 N–H and O–H groups in total. The smallest absolute Gasteiger partial charge is 0.350 e. The number of halogens is 5. The molecule has 2 heterocycles. The van der Waals surface area contributed by atoms with Crippen LogP contribution in [0, 0.1) is 6.92 Å². The Kier molecular flexibility index (Phi) is 6.19. The van der Waals surface area contributed by atoms with Gasteiger partial charge in [0, 0.05) is 28.3 Å². The average molecular weight is 550 g/mol. The summed E-state index contributed by atoms with van der Waals surface area (Å²) in [4.78, 5) is 23.8. The zero-order chi connectivity index (χ0) is 26.5. The van der Waals surface area contributed by atoms with Crippen LogP contribution in [0.5, 0.6) is 0 Å². The minimum Gasteiger partial charge on any atom is -0.350 e. The third-order valence-corrected chi connectivity index (χ3v) is 6.88. The van der Waals surface area contributed by atoms with Crippen molar-refractivity contribution in [3.8, 4) is 17.1 Å². The van der Waals surface area contributed by atoms with Crippen LogP contribution in [0.2, 0.25) is 10.0 Å². The first-order valence-electron chi connectivity index (χ1n) is 11.3. The summed E-state index contributed by atoms with van der Waals surface area (Å²) in [6, 6.07) is 14.6. The number of nitrogens with zero attached hydrogens (tertiary/aromatic N) is 2. The van der Waals surface area contributed by atoms with E-state index < -0.39 is 23.5 Å². The van der Waals surface area contributed by atoms with Crippen LogP contribution in [0.3, 0.4) is 0 Å². The van der Waals surface area contributed by atoms with Crippen LogP contribution in [0.25, 0.3) is 28.0 Å². The lowest BCUT2D eigenvalue weighted by molar-refractivity contribution is -0.175. The van der Waals surface area contributed by atoms with Crippen molar-refractivity contribution in [2.24, 2.45) is 0 Å². The van der Waals surface area contributed by atoms with E-state index in [1.54, 1.807) is 24.3 Å². The fourth-order valence-electron chi connectivity index (χ4n) is 4.20. The van der Waals surface area contributed by atoms with Crippen molar-refractivity contribution in [2.45, 2.75) is 38.0 Å². The van der Waals surface area contributed by atoms with Gasteiger partial charge in [0.05, 0.1) is 16.2 Å². The van der Waals surface area contributed by atoms with Gasteiger partial charge in [-0.3, -0.25) is 14.7 Å². The Morgan fingerprint density at radius 1 is 1.11 bits per heavy atom. The number of fused-ring (bicyclic) bond motifs is 1. The van der Waals surface area contributed by atoms with Crippen molar-refractivity contribution < 1.29 is 22.8 Å². The first kappa shape index (κ1) is 25.2. The fraction of sp³-hybridized carbons (Fsp3) is 0.240. The number of hydrogen-bond acceptors (Lipinski definition) is 3. The van der Waals surface area contributed by atoms with E-state index >= 15 is 0 Å². The van der Waals surface area contributed by atoms with Gasteiger partial charge in [-0.05, 0) is 61.7 Å². The van der Waals surface area contributed by atoms with E-state index in [4.69, 9.17) is 23.2 Å². The Bertz CT molecular complexity index is 1520. The van der Waals surface area contributed by atoms with Crippen molar-refractivity contribution in [2.75, 3.05) is 0 Å². The number of carbonyl (C=O) groups is 2. The first-order chi connectivity index (χ1) is 17.5. The second-order valence-electron chi connectivity index (χ2n) is 8.98. The van der Waals surface area contributed by atoms with E-state index in [0.717, 1.165) is 27.8 Å². The number of aryl methyl sites for hydroxylation is 1. The van der Waals surface area contributed by atoms with Crippen LogP contribution in [-0.2, 0) is 16.1 Å². The van der Waals surface area contributed by atoms with Crippen LogP contribution in [0.15, 0.2) is 48.5 Å². The molecule has 2 amide bonds. The molecule has 0 unspecified atom stereocenters. The summed E-state index contributed by atoms with van der Waals surface area (Å²) in [6.45, 7) is 1.97. The summed E-state index contributed by atoms with van der Waals surface area (Å²) < 4.78 is 39.7. The third kappa shape index (κ3) is 4.78. The van der Waals surface area contributed by atoms with Gasteiger partial charge < -0.3 is 15.2 Å². The van der Waals surface area contributed by atoms with E-state index in [9.17, 15) is 22.8 Å². The zero-order valence-corrected chi connectivity index (χ0v) is 20.9. The van der Waals surface area contributed by atoms with E-state index in [1.165, 1.54) is 0 Å². The van der Waals surface area contributed by atoms with Gasteiger partial charge in [-0.25, -0.2) is 0 Å². The average Bonchev–Trinajstić information content (AvgIpc) is 3.42. The van der Waals surface area contributed by atoms with Crippen LogP contribution in [0.4, 0.5) is 13.2 Å². The Morgan fingerprint density at radius 2 is 1.81 bits per heavy atom. The highest BCUT2D eigenvalue weighted by Crippen LogP contribution is 2.40. The van der Waals surface area contributed by atoms with Crippen molar-refractivity contribution >= 4 is 45.9 Å². The van der Waals surface area contributed by atoms with Crippen LogP contribution < -0.4 is 10.6 Å². The Balaban J connectivity index is 1.39. The number of aromatic amines is 1. The fourth-order valence-corrected chi connectivity index (χ4v) is 4.70. The monoisotopic (exact) mass is 549 g/mol. The number of rotatable bonds is 6. The van der Waals surface area contributed by atoms with E-state index in [-0.39, 0.29) is 19.4 Å². The second kappa shape index (κ2) is 9.11. The molecule has 1 aliphatic carbocycles. The van der Waals surface area contributed by atoms with Crippen molar-refractivity contribution in [3.63, 3.8) is 0 Å². The second-order valence-corrected chi connectivity index (χ2v) is 9.79. The molecule has 5 rings (SSSR count).